The van der Waals surface area contributed by atoms with Gasteiger partial charge in [0.1, 0.15) is 10.9 Å². The molecule has 0 radical (unpaired) electrons. The van der Waals surface area contributed by atoms with Gasteiger partial charge in [0.25, 0.3) is 5.56 Å². The molecule has 8 heteroatoms. The van der Waals surface area contributed by atoms with Crippen LogP contribution in [0.2, 0.25) is 0 Å². The Balaban J connectivity index is 2.05. The Morgan fingerprint density at radius 3 is 2.70 bits per heavy atom. The summed E-state index contributed by atoms with van der Waals surface area (Å²) in [5.41, 5.74) is -0.111. The Morgan fingerprint density at radius 1 is 1.35 bits per heavy atom. The minimum absolute atomic E-state index is 0.588. The van der Waals surface area contributed by atoms with E-state index in [0.29, 0.717) is 10.6 Å². The molecular weight excluding hydrogens is 336 g/mol. The van der Waals surface area contributed by atoms with E-state index < -0.39 is 21.3 Å². The van der Waals surface area contributed by atoms with Gasteiger partial charge in [0.2, 0.25) is 0 Å². The van der Waals surface area contributed by atoms with Gasteiger partial charge in [-0.05, 0) is 43.7 Å². The number of nitriles is 1. The third-order valence-corrected chi connectivity index (χ3v) is 5.41. The number of fused-ring (bicyclic) bond motifs is 1. The van der Waals surface area contributed by atoms with Crippen molar-refractivity contribution >= 4 is 27.1 Å². The van der Waals surface area contributed by atoms with Gasteiger partial charge in [0.05, 0.1) is 5.60 Å². The molecule has 1 aliphatic heterocycles. The van der Waals surface area contributed by atoms with Gasteiger partial charge in [-0.25, -0.2) is 0 Å². The van der Waals surface area contributed by atoms with E-state index in [1.54, 1.807) is 26.0 Å². The highest BCUT2D eigenvalue weighted by Crippen LogP contribution is 2.41. The molecule has 120 valence electrons. The maximum Gasteiger partial charge on any atom is 0.312 e. The van der Waals surface area contributed by atoms with Crippen LogP contribution in [0.25, 0.3) is 10.4 Å². The average Bonchev–Trinajstić information content (AvgIpc) is 2.94. The molecule has 0 amide bonds. The Morgan fingerprint density at radius 2 is 2.09 bits per heavy atom. The van der Waals surface area contributed by atoms with Gasteiger partial charge in [-0.15, -0.1) is 11.3 Å². The van der Waals surface area contributed by atoms with Crippen molar-refractivity contribution < 1.29 is 17.7 Å². The predicted octanol–water partition coefficient (Wildman–Crippen LogP) is 3.14. The molecule has 2 aromatic rings. The highest BCUT2D eigenvalue weighted by Gasteiger charge is 2.39. The van der Waals surface area contributed by atoms with Gasteiger partial charge in [0.15, 0.2) is 0 Å². The minimum atomic E-state index is -4.37. The van der Waals surface area contributed by atoms with E-state index in [-0.39, 0.29) is 0 Å². The fourth-order valence-corrected chi connectivity index (χ4v) is 3.94. The first-order valence-corrected chi connectivity index (χ1v) is 9.08. The highest BCUT2D eigenvalue weighted by molar-refractivity contribution is 7.86. The van der Waals surface area contributed by atoms with E-state index in [1.165, 1.54) is 11.3 Å². The van der Waals surface area contributed by atoms with Crippen LogP contribution in [0, 0.1) is 11.3 Å². The van der Waals surface area contributed by atoms with E-state index in [9.17, 15) is 13.0 Å². The largest absolute Gasteiger partial charge is 0.345 e. The summed E-state index contributed by atoms with van der Waals surface area (Å²) in [6.07, 6.45) is 0. The smallest absolute Gasteiger partial charge is 0.312 e. The van der Waals surface area contributed by atoms with Crippen molar-refractivity contribution in [2.24, 2.45) is 0 Å². The number of anilines is 1. The fraction of sp³-hybridized carbons (Fsp3) is 0.267. The highest BCUT2D eigenvalue weighted by atomic mass is 32.2. The van der Waals surface area contributed by atoms with Crippen LogP contribution in [0.4, 0.5) is 5.69 Å². The van der Waals surface area contributed by atoms with Crippen LogP contribution < -0.4 is 5.32 Å². The van der Waals surface area contributed by atoms with Crippen molar-refractivity contribution in [1.29, 1.82) is 5.26 Å². The molecule has 23 heavy (non-hydrogen) atoms. The van der Waals surface area contributed by atoms with Crippen molar-refractivity contribution in [3.05, 3.63) is 40.8 Å². The molecule has 1 aromatic carbocycles. The topological polar surface area (TPSA) is 99.4 Å². The first kappa shape index (κ1) is 16.0. The molecule has 6 nitrogen and oxygen atoms in total. The molecule has 0 spiro atoms. The van der Waals surface area contributed by atoms with Gasteiger partial charge >= 0.3 is 10.1 Å². The summed E-state index contributed by atoms with van der Waals surface area (Å²) in [5.74, 6) is 0. The average molecular weight is 350 g/mol. The third kappa shape index (κ3) is 2.96. The predicted molar refractivity (Wildman–Crippen MR) is 87.5 cm³/mol. The normalized spacial score (nSPS) is 19.5. The Kier molecular flexibility index (Phi) is 3.69. The number of ether oxygens (including phenoxy) is 1. The molecule has 0 fully saturated rings. The number of hydrogen-bond donors (Lipinski definition) is 2. The first-order valence-electron chi connectivity index (χ1n) is 6.76. The van der Waals surface area contributed by atoms with Crippen LogP contribution in [0.3, 0.4) is 0 Å². The van der Waals surface area contributed by atoms with Crippen LogP contribution in [0.1, 0.15) is 24.3 Å². The standard InChI is InChI=1S/C15H14N2O4S2/c1-15(2)11-7-9(13-6-4-10(8-16)22-13)3-5-12(11)17-14(21-15)23(18,19)20/h3-7,14,17H,1-2H3,(H,18,19,20). The van der Waals surface area contributed by atoms with Crippen molar-refractivity contribution in [3.63, 3.8) is 0 Å². The summed E-state index contributed by atoms with van der Waals surface area (Å²) in [6, 6.07) is 11.2. The number of nitrogens with one attached hydrogen (secondary N) is 1. The van der Waals surface area contributed by atoms with Crippen LogP contribution >= 0.6 is 11.3 Å². The van der Waals surface area contributed by atoms with Crippen molar-refractivity contribution in [3.8, 4) is 16.5 Å². The van der Waals surface area contributed by atoms with Gasteiger partial charge in [-0.1, -0.05) is 6.07 Å². The maximum absolute atomic E-state index is 11.3. The number of thiophene rings is 1. The summed E-state index contributed by atoms with van der Waals surface area (Å²) in [4.78, 5) is 1.56. The van der Waals surface area contributed by atoms with E-state index in [2.05, 4.69) is 11.4 Å². The number of benzene rings is 1. The lowest BCUT2D eigenvalue weighted by atomic mass is 9.93. The zero-order valence-electron chi connectivity index (χ0n) is 12.4. The van der Waals surface area contributed by atoms with E-state index in [1.807, 2.05) is 18.2 Å². The molecule has 0 saturated carbocycles. The SMILES string of the molecule is CC1(C)OC(S(=O)(=O)O)Nc2ccc(-c3ccc(C#N)s3)cc21. The van der Waals surface area contributed by atoms with Crippen molar-refractivity contribution in [2.45, 2.75) is 25.0 Å². The fourth-order valence-electron chi connectivity index (χ4n) is 2.50. The lowest BCUT2D eigenvalue weighted by Crippen LogP contribution is -2.43. The van der Waals surface area contributed by atoms with Crippen LogP contribution in [0.15, 0.2) is 30.3 Å². The molecule has 2 heterocycles. The lowest BCUT2D eigenvalue weighted by Gasteiger charge is -2.37. The van der Waals surface area contributed by atoms with Gasteiger partial charge in [0, 0.05) is 16.1 Å². The third-order valence-electron chi connectivity index (χ3n) is 3.61. The van der Waals surface area contributed by atoms with Crippen LogP contribution in [-0.4, -0.2) is 18.5 Å². The number of nitrogens with zero attached hydrogens (tertiary/aromatic N) is 1. The molecule has 1 aliphatic rings. The zero-order valence-corrected chi connectivity index (χ0v) is 14.0. The molecule has 0 saturated heterocycles. The molecular formula is C15H14N2O4S2. The van der Waals surface area contributed by atoms with Gasteiger partial charge in [-0.3, -0.25) is 4.55 Å². The second kappa shape index (κ2) is 5.32. The van der Waals surface area contributed by atoms with Crippen LogP contribution in [0.5, 0.6) is 0 Å². The van der Waals surface area contributed by atoms with E-state index in [4.69, 9.17) is 10.00 Å². The Hall–Kier alpha value is -1.92. The minimum Gasteiger partial charge on any atom is -0.345 e. The van der Waals surface area contributed by atoms with Crippen LogP contribution in [-0.2, 0) is 20.5 Å². The molecule has 0 aliphatic carbocycles. The zero-order chi connectivity index (χ0) is 16.8. The summed E-state index contributed by atoms with van der Waals surface area (Å²) < 4.78 is 37.4. The second-order valence-corrected chi connectivity index (χ2v) is 8.20. The molecule has 1 aromatic heterocycles. The molecule has 3 rings (SSSR count). The summed E-state index contributed by atoms with van der Waals surface area (Å²) >= 11 is 1.38. The summed E-state index contributed by atoms with van der Waals surface area (Å²) in [7, 11) is -4.37. The monoisotopic (exact) mass is 350 g/mol. The molecule has 2 N–H and O–H groups in total. The number of rotatable bonds is 2. The Labute approximate surface area is 138 Å². The van der Waals surface area contributed by atoms with E-state index >= 15 is 0 Å². The maximum atomic E-state index is 11.3. The Bertz CT molecular complexity index is 910. The molecule has 1 unspecified atom stereocenters. The second-order valence-electron chi connectivity index (χ2n) is 5.66. The first-order chi connectivity index (χ1) is 10.7. The lowest BCUT2D eigenvalue weighted by molar-refractivity contribution is -0.0406. The molecule has 0 bridgehead atoms. The summed E-state index contributed by atoms with van der Waals surface area (Å²) in [6.45, 7) is 3.48. The van der Waals surface area contributed by atoms with Gasteiger partial charge < -0.3 is 10.1 Å². The van der Waals surface area contributed by atoms with Crippen molar-refractivity contribution in [2.75, 3.05) is 5.32 Å². The van der Waals surface area contributed by atoms with Crippen molar-refractivity contribution in [1.82, 2.24) is 0 Å². The van der Waals surface area contributed by atoms with Gasteiger partial charge in [-0.2, -0.15) is 13.7 Å². The molecule has 1 atom stereocenters. The quantitative estimate of drug-likeness (QED) is 0.807. The summed E-state index contributed by atoms with van der Waals surface area (Å²) in [5, 5.41) is 11.6. The number of hydrogen-bond acceptors (Lipinski definition) is 6. The van der Waals surface area contributed by atoms with E-state index in [0.717, 1.165) is 16.0 Å².